The first kappa shape index (κ1) is 16.8. The van der Waals surface area contributed by atoms with Gasteiger partial charge < -0.3 is 15.0 Å². The van der Waals surface area contributed by atoms with E-state index in [9.17, 15) is 4.79 Å². The molecular formula is C18H23N3O2. The van der Waals surface area contributed by atoms with Gasteiger partial charge >= 0.3 is 0 Å². The van der Waals surface area contributed by atoms with Crippen molar-refractivity contribution in [3.63, 3.8) is 0 Å². The van der Waals surface area contributed by atoms with E-state index >= 15 is 0 Å². The first-order valence-electron chi connectivity index (χ1n) is 7.77. The molecule has 0 fully saturated rings. The monoisotopic (exact) mass is 313 g/mol. The molecule has 0 bridgehead atoms. The minimum absolute atomic E-state index is 0.179. The summed E-state index contributed by atoms with van der Waals surface area (Å²) in [5.41, 5.74) is 1.22. The zero-order valence-corrected chi connectivity index (χ0v) is 13.9. The minimum atomic E-state index is -0.179. The van der Waals surface area contributed by atoms with Crippen LogP contribution in [0.4, 0.5) is 11.5 Å². The molecule has 0 radical (unpaired) electrons. The summed E-state index contributed by atoms with van der Waals surface area (Å²) in [6, 6.07) is 10.9. The van der Waals surface area contributed by atoms with Crippen molar-refractivity contribution >= 4 is 17.4 Å². The molecule has 122 valence electrons. The van der Waals surface area contributed by atoms with Gasteiger partial charge in [-0.25, -0.2) is 4.98 Å². The van der Waals surface area contributed by atoms with Crippen molar-refractivity contribution in [1.29, 1.82) is 0 Å². The molecule has 1 N–H and O–H groups in total. The molecule has 5 heteroatoms. The summed E-state index contributed by atoms with van der Waals surface area (Å²) in [5, 5.41) is 2.88. The zero-order valence-electron chi connectivity index (χ0n) is 13.9. The Bertz CT molecular complexity index is 658. The van der Waals surface area contributed by atoms with Crippen LogP contribution in [0.2, 0.25) is 0 Å². The Hall–Kier alpha value is -2.56. The molecule has 0 unspecified atom stereocenters. The lowest BCUT2D eigenvalue weighted by molar-refractivity contribution is 0.102. The Morgan fingerprint density at radius 3 is 2.83 bits per heavy atom. The normalized spacial score (nSPS) is 10.2. The van der Waals surface area contributed by atoms with Crippen LogP contribution in [0.5, 0.6) is 5.75 Å². The first-order valence-corrected chi connectivity index (χ1v) is 7.77. The summed E-state index contributed by atoms with van der Waals surface area (Å²) in [5.74, 6) is 1.25. The molecule has 1 amide bonds. The van der Waals surface area contributed by atoms with Crippen molar-refractivity contribution in [3.8, 4) is 5.75 Å². The third kappa shape index (κ3) is 4.45. The van der Waals surface area contributed by atoms with Crippen LogP contribution in [0.25, 0.3) is 0 Å². The first-order chi connectivity index (χ1) is 11.2. The molecule has 2 rings (SSSR count). The number of hydrogen-bond donors (Lipinski definition) is 1. The molecule has 0 aliphatic carbocycles. The van der Waals surface area contributed by atoms with Crippen LogP contribution < -0.4 is 15.0 Å². The number of benzene rings is 1. The number of nitrogens with zero attached hydrogens (tertiary/aromatic N) is 2. The minimum Gasteiger partial charge on any atom is -0.495 e. The number of rotatable bonds is 7. The third-order valence-corrected chi connectivity index (χ3v) is 3.60. The maximum Gasteiger partial charge on any atom is 0.255 e. The Kier molecular flexibility index (Phi) is 5.97. The van der Waals surface area contributed by atoms with Gasteiger partial charge in [0, 0.05) is 25.4 Å². The average molecular weight is 313 g/mol. The highest BCUT2D eigenvalue weighted by Crippen LogP contribution is 2.24. The van der Waals surface area contributed by atoms with Gasteiger partial charge in [0.15, 0.2) is 0 Å². The van der Waals surface area contributed by atoms with Gasteiger partial charge in [0.1, 0.15) is 11.6 Å². The highest BCUT2D eigenvalue weighted by molar-refractivity contribution is 6.05. The Labute approximate surface area is 137 Å². The van der Waals surface area contributed by atoms with Crippen molar-refractivity contribution in [2.75, 3.05) is 30.9 Å². The van der Waals surface area contributed by atoms with Gasteiger partial charge in [-0.15, -0.1) is 0 Å². The number of ether oxygens (including phenoxy) is 1. The second-order valence-corrected chi connectivity index (χ2v) is 5.33. The van der Waals surface area contributed by atoms with Gasteiger partial charge in [0.2, 0.25) is 0 Å². The molecule has 0 saturated heterocycles. The quantitative estimate of drug-likeness (QED) is 0.849. The smallest absolute Gasteiger partial charge is 0.255 e. The summed E-state index contributed by atoms with van der Waals surface area (Å²) < 4.78 is 5.25. The zero-order chi connectivity index (χ0) is 16.7. The molecule has 0 saturated carbocycles. The molecule has 0 spiro atoms. The number of aromatic nitrogens is 1. The number of nitrogens with one attached hydrogen (secondary N) is 1. The van der Waals surface area contributed by atoms with Gasteiger partial charge in [-0.2, -0.15) is 0 Å². The van der Waals surface area contributed by atoms with Gasteiger partial charge in [0.25, 0.3) is 5.91 Å². The van der Waals surface area contributed by atoms with E-state index in [2.05, 4.69) is 22.1 Å². The lowest BCUT2D eigenvalue weighted by Crippen LogP contribution is -2.20. The van der Waals surface area contributed by atoms with Crippen molar-refractivity contribution in [1.82, 2.24) is 4.98 Å². The number of hydrogen-bond acceptors (Lipinski definition) is 4. The average Bonchev–Trinajstić information content (AvgIpc) is 2.60. The summed E-state index contributed by atoms with van der Waals surface area (Å²) in [4.78, 5) is 18.9. The topological polar surface area (TPSA) is 54.5 Å². The number of carbonyl (C=O) groups is 1. The van der Waals surface area contributed by atoms with Gasteiger partial charge in [-0.05, 0) is 30.7 Å². The number of carbonyl (C=O) groups excluding carboxylic acids is 1. The van der Waals surface area contributed by atoms with E-state index in [1.165, 1.54) is 0 Å². The third-order valence-electron chi connectivity index (χ3n) is 3.60. The molecule has 0 aliphatic rings. The van der Waals surface area contributed by atoms with Crippen LogP contribution >= 0.6 is 0 Å². The number of unbranched alkanes of at least 4 members (excludes halogenated alkanes) is 1. The predicted molar refractivity (Wildman–Crippen MR) is 93.4 cm³/mol. The molecule has 2 aromatic rings. The van der Waals surface area contributed by atoms with Crippen molar-refractivity contribution in [3.05, 3.63) is 48.2 Å². The maximum absolute atomic E-state index is 12.5. The largest absolute Gasteiger partial charge is 0.495 e. The second-order valence-electron chi connectivity index (χ2n) is 5.33. The standard InChI is InChI=1S/C18H23N3O2/c1-4-5-12-21(2)17-13-14(10-11-19-17)18(22)20-15-8-6-7-9-16(15)23-3/h6-11,13H,4-5,12H2,1-3H3,(H,20,22). The molecule has 1 aromatic heterocycles. The van der Waals surface area contributed by atoms with E-state index in [1.807, 2.05) is 31.3 Å². The van der Waals surface area contributed by atoms with Crippen molar-refractivity contribution in [2.24, 2.45) is 0 Å². The molecule has 5 nitrogen and oxygen atoms in total. The fourth-order valence-corrected chi connectivity index (χ4v) is 2.22. The van der Waals surface area contributed by atoms with E-state index in [4.69, 9.17) is 4.74 Å². The number of amides is 1. The maximum atomic E-state index is 12.5. The molecule has 23 heavy (non-hydrogen) atoms. The Balaban J connectivity index is 2.13. The van der Waals surface area contributed by atoms with Gasteiger partial charge in [-0.3, -0.25) is 4.79 Å². The summed E-state index contributed by atoms with van der Waals surface area (Å²) in [7, 11) is 3.57. The van der Waals surface area contributed by atoms with E-state index in [0.29, 0.717) is 17.0 Å². The van der Waals surface area contributed by atoms with Crippen LogP contribution in [0.1, 0.15) is 30.1 Å². The fourth-order valence-electron chi connectivity index (χ4n) is 2.22. The van der Waals surface area contributed by atoms with E-state index < -0.39 is 0 Å². The van der Waals surface area contributed by atoms with Crippen LogP contribution in [0.15, 0.2) is 42.6 Å². The molecule has 1 heterocycles. The fraction of sp³-hybridized carbons (Fsp3) is 0.333. The highest BCUT2D eigenvalue weighted by atomic mass is 16.5. The van der Waals surface area contributed by atoms with Gasteiger partial charge in [0.05, 0.1) is 12.8 Å². The molecule has 1 aromatic carbocycles. The number of pyridine rings is 1. The number of anilines is 2. The highest BCUT2D eigenvalue weighted by Gasteiger charge is 2.11. The van der Waals surface area contributed by atoms with Gasteiger partial charge in [-0.1, -0.05) is 25.5 Å². The Morgan fingerprint density at radius 2 is 2.09 bits per heavy atom. The lowest BCUT2D eigenvalue weighted by atomic mass is 10.2. The Morgan fingerprint density at radius 1 is 1.30 bits per heavy atom. The van der Waals surface area contributed by atoms with Crippen LogP contribution in [-0.2, 0) is 0 Å². The SMILES string of the molecule is CCCCN(C)c1cc(C(=O)Nc2ccccc2OC)ccn1. The molecular weight excluding hydrogens is 290 g/mol. The van der Waals surface area contributed by atoms with Crippen LogP contribution in [-0.4, -0.2) is 31.6 Å². The summed E-state index contributed by atoms with van der Waals surface area (Å²) in [6.07, 6.45) is 3.88. The summed E-state index contributed by atoms with van der Waals surface area (Å²) >= 11 is 0. The van der Waals surface area contributed by atoms with Crippen LogP contribution in [0.3, 0.4) is 0 Å². The predicted octanol–water partition coefficient (Wildman–Crippen LogP) is 3.58. The number of methoxy groups -OCH3 is 1. The second kappa shape index (κ2) is 8.17. The van der Waals surface area contributed by atoms with E-state index in [0.717, 1.165) is 25.2 Å². The van der Waals surface area contributed by atoms with Crippen molar-refractivity contribution < 1.29 is 9.53 Å². The van der Waals surface area contributed by atoms with E-state index in [-0.39, 0.29) is 5.91 Å². The van der Waals surface area contributed by atoms with E-state index in [1.54, 1.807) is 25.4 Å². The molecule has 0 aliphatic heterocycles. The number of para-hydroxylation sites is 2. The molecule has 0 atom stereocenters. The lowest BCUT2D eigenvalue weighted by Gasteiger charge is -2.18. The van der Waals surface area contributed by atoms with Crippen LogP contribution in [0, 0.1) is 0 Å². The van der Waals surface area contributed by atoms with Crippen molar-refractivity contribution in [2.45, 2.75) is 19.8 Å². The summed E-state index contributed by atoms with van der Waals surface area (Å²) in [6.45, 7) is 3.07.